The largest absolute Gasteiger partial charge is 0.504 e. The first kappa shape index (κ1) is 17.0. The van der Waals surface area contributed by atoms with Gasteiger partial charge in [-0.25, -0.2) is 0 Å². The molecule has 3 aromatic rings. The monoisotopic (exact) mass is 347 g/mol. The average Bonchev–Trinajstić information content (AvgIpc) is 2.87. The fourth-order valence-corrected chi connectivity index (χ4v) is 2.69. The number of halogens is 3. The maximum Gasteiger partial charge on any atom is 0.416 e. The predicted octanol–water partition coefficient (Wildman–Crippen LogP) is 5.04. The molecule has 3 nitrogen and oxygen atoms in total. The second-order valence-electron chi connectivity index (χ2n) is 5.68. The molecule has 0 saturated carbocycles. The van der Waals surface area contributed by atoms with Crippen molar-refractivity contribution in [2.75, 3.05) is 5.73 Å². The van der Waals surface area contributed by atoms with E-state index in [0.717, 1.165) is 17.7 Å². The molecule has 3 N–H and O–H groups in total. The van der Waals surface area contributed by atoms with E-state index in [1.54, 1.807) is 0 Å². The Hall–Kier alpha value is -2.89. The quantitative estimate of drug-likeness (QED) is 0.695. The van der Waals surface area contributed by atoms with Crippen LogP contribution in [-0.2, 0) is 19.0 Å². The third-order valence-corrected chi connectivity index (χ3v) is 3.94. The molecule has 0 amide bonds. The molecule has 25 heavy (non-hydrogen) atoms. The van der Waals surface area contributed by atoms with E-state index in [1.165, 1.54) is 12.1 Å². The van der Waals surface area contributed by atoms with Crippen LogP contribution in [0, 0.1) is 0 Å². The summed E-state index contributed by atoms with van der Waals surface area (Å²) in [5, 5.41) is 10.4. The Labute approximate surface area is 142 Å². The molecule has 1 aromatic heterocycles. The van der Waals surface area contributed by atoms with Crippen molar-refractivity contribution in [1.29, 1.82) is 0 Å². The van der Waals surface area contributed by atoms with E-state index >= 15 is 0 Å². The first-order valence-corrected chi connectivity index (χ1v) is 7.68. The van der Waals surface area contributed by atoms with Gasteiger partial charge in [0.15, 0.2) is 5.75 Å². The van der Waals surface area contributed by atoms with Crippen LogP contribution in [0.15, 0.2) is 59.0 Å². The fraction of sp³-hybridized carbons (Fsp3) is 0.158. The maximum absolute atomic E-state index is 12.9. The lowest BCUT2D eigenvalue weighted by Gasteiger charge is -2.08. The van der Waals surface area contributed by atoms with Crippen LogP contribution in [0.5, 0.6) is 5.75 Å². The molecule has 0 fully saturated rings. The van der Waals surface area contributed by atoms with E-state index in [2.05, 4.69) is 0 Å². The fourth-order valence-electron chi connectivity index (χ4n) is 2.69. The third kappa shape index (κ3) is 3.63. The summed E-state index contributed by atoms with van der Waals surface area (Å²) in [6, 6.07) is 14.2. The summed E-state index contributed by atoms with van der Waals surface area (Å²) in [5.74, 6) is -0.0543. The highest BCUT2D eigenvalue weighted by Gasteiger charge is 2.31. The number of alkyl halides is 3. The first-order valence-electron chi connectivity index (χ1n) is 7.68. The molecule has 0 aliphatic carbocycles. The number of furan rings is 1. The Balaban J connectivity index is 1.90. The van der Waals surface area contributed by atoms with Crippen molar-refractivity contribution in [1.82, 2.24) is 0 Å². The molecular weight excluding hydrogens is 331 g/mol. The van der Waals surface area contributed by atoms with Gasteiger partial charge in [0, 0.05) is 6.42 Å². The number of aromatic hydroxyl groups is 1. The van der Waals surface area contributed by atoms with Gasteiger partial charge in [0.25, 0.3) is 0 Å². The molecule has 2 aromatic carbocycles. The zero-order valence-corrected chi connectivity index (χ0v) is 13.2. The molecule has 3 rings (SSSR count). The topological polar surface area (TPSA) is 59.4 Å². The molecule has 0 aliphatic heterocycles. The summed E-state index contributed by atoms with van der Waals surface area (Å²) < 4.78 is 44.0. The van der Waals surface area contributed by atoms with Gasteiger partial charge in [0.05, 0.1) is 11.1 Å². The van der Waals surface area contributed by atoms with E-state index in [0.29, 0.717) is 12.8 Å². The van der Waals surface area contributed by atoms with Gasteiger partial charge in [-0.3, -0.25) is 0 Å². The number of hydrogen-bond acceptors (Lipinski definition) is 3. The molecule has 0 aliphatic rings. The van der Waals surface area contributed by atoms with Gasteiger partial charge in [-0.1, -0.05) is 42.5 Å². The highest BCUT2D eigenvalue weighted by atomic mass is 19.4. The van der Waals surface area contributed by atoms with Crippen LogP contribution in [0.25, 0.3) is 11.1 Å². The van der Waals surface area contributed by atoms with Crippen LogP contribution in [0.1, 0.15) is 16.9 Å². The lowest BCUT2D eigenvalue weighted by molar-refractivity contribution is -0.137. The average molecular weight is 347 g/mol. The van der Waals surface area contributed by atoms with E-state index in [9.17, 15) is 18.3 Å². The van der Waals surface area contributed by atoms with E-state index in [-0.39, 0.29) is 28.5 Å². The Bertz CT molecular complexity index is 870. The minimum absolute atomic E-state index is 0.0918. The number of hydrogen-bond donors (Lipinski definition) is 2. The Morgan fingerprint density at radius 2 is 1.68 bits per heavy atom. The molecule has 0 atom stereocenters. The number of rotatable bonds is 4. The molecule has 0 radical (unpaired) electrons. The van der Waals surface area contributed by atoms with Gasteiger partial charge >= 0.3 is 6.18 Å². The summed E-state index contributed by atoms with van der Waals surface area (Å²) in [5.41, 5.74) is 6.30. The number of anilines is 1. The zero-order chi connectivity index (χ0) is 18.0. The van der Waals surface area contributed by atoms with Gasteiger partial charge in [-0.15, -0.1) is 0 Å². The van der Waals surface area contributed by atoms with Crippen molar-refractivity contribution in [2.45, 2.75) is 19.0 Å². The first-order chi connectivity index (χ1) is 11.9. The van der Waals surface area contributed by atoms with Crippen molar-refractivity contribution in [3.05, 3.63) is 71.5 Å². The Kier molecular flexibility index (Phi) is 4.44. The number of nitrogens with two attached hydrogens (primary N) is 1. The van der Waals surface area contributed by atoms with Crippen LogP contribution in [0.4, 0.5) is 19.1 Å². The molecule has 1 heterocycles. The van der Waals surface area contributed by atoms with Gasteiger partial charge in [-0.2, -0.15) is 13.2 Å². The summed E-state index contributed by atoms with van der Waals surface area (Å²) in [6.07, 6.45) is -3.47. The molecule has 6 heteroatoms. The summed E-state index contributed by atoms with van der Waals surface area (Å²) in [4.78, 5) is 0. The Morgan fingerprint density at radius 1 is 0.960 bits per heavy atom. The van der Waals surface area contributed by atoms with E-state index < -0.39 is 11.7 Å². The van der Waals surface area contributed by atoms with E-state index in [4.69, 9.17) is 10.2 Å². The third-order valence-electron chi connectivity index (χ3n) is 3.94. The van der Waals surface area contributed by atoms with Gasteiger partial charge in [-0.05, 0) is 29.7 Å². The molecule has 130 valence electrons. The summed E-state index contributed by atoms with van der Waals surface area (Å²) in [6.45, 7) is 0. The lowest BCUT2D eigenvalue weighted by atomic mass is 10.0. The van der Waals surface area contributed by atoms with Gasteiger partial charge in [0.2, 0.25) is 5.88 Å². The van der Waals surface area contributed by atoms with Crippen LogP contribution in [0.3, 0.4) is 0 Å². The highest BCUT2D eigenvalue weighted by Crippen LogP contribution is 2.42. The molecule has 0 saturated heterocycles. The molecule has 0 unspecified atom stereocenters. The van der Waals surface area contributed by atoms with Crippen molar-refractivity contribution >= 4 is 5.88 Å². The number of aryl methyl sites for hydroxylation is 2. The van der Waals surface area contributed by atoms with Crippen LogP contribution < -0.4 is 5.73 Å². The predicted molar refractivity (Wildman–Crippen MR) is 89.1 cm³/mol. The number of benzene rings is 2. The molecular formula is C19H16F3NO2. The van der Waals surface area contributed by atoms with E-state index in [1.807, 2.05) is 30.3 Å². The number of nitrogen functional groups attached to an aromatic ring is 1. The van der Waals surface area contributed by atoms with Crippen molar-refractivity contribution < 1.29 is 22.7 Å². The van der Waals surface area contributed by atoms with Crippen molar-refractivity contribution in [3.8, 4) is 16.9 Å². The van der Waals surface area contributed by atoms with Gasteiger partial charge in [0.1, 0.15) is 5.76 Å². The van der Waals surface area contributed by atoms with Crippen molar-refractivity contribution in [2.24, 2.45) is 0 Å². The highest BCUT2D eigenvalue weighted by molar-refractivity contribution is 5.80. The minimum atomic E-state index is -4.47. The standard InChI is InChI=1S/C19H16F3NO2/c20-19(21,22)14-8-4-7-13(11-14)16-17(24)15(25-18(16)23)10-9-12-5-2-1-3-6-12/h1-8,11,24H,9-10,23H2. The Morgan fingerprint density at radius 3 is 2.36 bits per heavy atom. The van der Waals surface area contributed by atoms with Gasteiger partial charge < -0.3 is 15.3 Å². The second kappa shape index (κ2) is 6.55. The summed E-state index contributed by atoms with van der Waals surface area (Å²) in [7, 11) is 0. The van der Waals surface area contributed by atoms with Crippen LogP contribution in [0.2, 0.25) is 0 Å². The molecule has 0 spiro atoms. The maximum atomic E-state index is 12.9. The minimum Gasteiger partial charge on any atom is -0.504 e. The van der Waals surface area contributed by atoms with Crippen molar-refractivity contribution in [3.63, 3.8) is 0 Å². The smallest absolute Gasteiger partial charge is 0.416 e. The second-order valence-corrected chi connectivity index (χ2v) is 5.68. The van der Waals surface area contributed by atoms with Crippen LogP contribution >= 0.6 is 0 Å². The zero-order valence-electron chi connectivity index (χ0n) is 13.2. The normalized spacial score (nSPS) is 11.6. The SMILES string of the molecule is Nc1oc(CCc2ccccc2)c(O)c1-c1cccc(C(F)(F)F)c1. The van der Waals surface area contributed by atoms with Crippen LogP contribution in [-0.4, -0.2) is 5.11 Å². The lowest BCUT2D eigenvalue weighted by Crippen LogP contribution is -2.04. The summed E-state index contributed by atoms with van der Waals surface area (Å²) >= 11 is 0. The molecule has 0 bridgehead atoms.